The lowest BCUT2D eigenvalue weighted by Crippen LogP contribution is -2.32. The van der Waals surface area contributed by atoms with E-state index in [1.54, 1.807) is 31.2 Å². The zero-order chi connectivity index (χ0) is 16.2. The van der Waals surface area contributed by atoms with Gasteiger partial charge in [0.1, 0.15) is 18.4 Å². The second kappa shape index (κ2) is 11.2. The van der Waals surface area contributed by atoms with E-state index in [0.29, 0.717) is 19.0 Å². The molecular formula is C15H24NO5P. The molecule has 1 rings (SSSR count). The molecule has 0 aliphatic heterocycles. The number of hydrogen-bond donors (Lipinski definition) is 1. The number of carbonyl (C=O) groups excluding carboxylic acids is 1. The van der Waals surface area contributed by atoms with Crippen LogP contribution in [0.4, 0.5) is 0 Å². The van der Waals surface area contributed by atoms with Crippen LogP contribution < -0.4 is 9.61 Å². The number of esters is 1. The van der Waals surface area contributed by atoms with Gasteiger partial charge in [-0.05, 0) is 25.5 Å². The van der Waals surface area contributed by atoms with Gasteiger partial charge in [-0.15, -0.1) is 0 Å². The largest absolute Gasteiger partial charge is 0.462 e. The first-order chi connectivity index (χ1) is 10.6. The average Bonchev–Trinajstić information content (AvgIpc) is 2.51. The number of benzene rings is 1. The predicted octanol–water partition coefficient (Wildman–Crippen LogP) is 2.79. The zero-order valence-electron chi connectivity index (χ0n) is 13.0. The third-order valence-electron chi connectivity index (χ3n) is 2.76. The molecule has 0 fully saturated rings. The van der Waals surface area contributed by atoms with Crippen LogP contribution in [0.5, 0.6) is 5.75 Å². The van der Waals surface area contributed by atoms with E-state index in [1.165, 1.54) is 0 Å². The molecule has 7 heteroatoms. The summed E-state index contributed by atoms with van der Waals surface area (Å²) in [5, 5.41) is 2.60. The van der Waals surface area contributed by atoms with E-state index in [9.17, 15) is 9.36 Å². The molecule has 0 saturated heterocycles. The molecule has 2 atom stereocenters. The molecule has 0 amide bonds. The Balaban J connectivity index is 2.19. The maximum atomic E-state index is 11.8. The summed E-state index contributed by atoms with van der Waals surface area (Å²) >= 11 is 0. The molecule has 124 valence electrons. The van der Waals surface area contributed by atoms with Crippen LogP contribution in [0.1, 0.15) is 26.7 Å². The first-order valence-electron chi connectivity index (χ1n) is 7.41. The van der Waals surface area contributed by atoms with Gasteiger partial charge in [0.2, 0.25) is 0 Å². The molecule has 0 spiro atoms. The van der Waals surface area contributed by atoms with Crippen LogP contribution in [0, 0.1) is 0 Å². The number of unbranched alkanes of at least 4 members (excludes halogenated alkanes) is 1. The molecule has 1 aromatic rings. The van der Waals surface area contributed by atoms with Crippen molar-refractivity contribution in [2.24, 2.45) is 0 Å². The first-order valence-corrected chi connectivity index (χ1v) is 8.73. The Morgan fingerprint density at radius 3 is 2.64 bits per heavy atom. The fourth-order valence-electron chi connectivity index (χ4n) is 1.54. The molecule has 0 aliphatic rings. The Morgan fingerprint density at radius 2 is 1.95 bits per heavy atom. The van der Waals surface area contributed by atoms with Crippen molar-refractivity contribution in [3.63, 3.8) is 0 Å². The minimum absolute atomic E-state index is 0.190. The monoisotopic (exact) mass is 329 g/mol. The molecule has 0 saturated carbocycles. The molecule has 0 aromatic heterocycles. The van der Waals surface area contributed by atoms with Crippen molar-refractivity contribution in [1.29, 1.82) is 0 Å². The van der Waals surface area contributed by atoms with Gasteiger partial charge < -0.3 is 14.0 Å². The Labute approximate surface area is 132 Å². The summed E-state index contributed by atoms with van der Waals surface area (Å²) in [5.74, 6) is 0.0119. The minimum Gasteiger partial charge on any atom is -0.462 e. The minimum atomic E-state index is -2.56. The van der Waals surface area contributed by atoms with E-state index in [0.717, 1.165) is 12.8 Å². The molecule has 1 aromatic carbocycles. The number of ether oxygens (including phenoxy) is 2. The summed E-state index contributed by atoms with van der Waals surface area (Å²) in [6.07, 6.45) is 2.06. The summed E-state index contributed by atoms with van der Waals surface area (Å²) < 4.78 is 27.3. The average molecular weight is 329 g/mol. The van der Waals surface area contributed by atoms with Crippen molar-refractivity contribution in [3.8, 4) is 5.75 Å². The third-order valence-corrected chi connectivity index (χ3v) is 3.85. The topological polar surface area (TPSA) is 73.9 Å². The number of para-hydroxylation sites is 1. The van der Waals surface area contributed by atoms with Gasteiger partial charge in [-0.25, -0.2) is 5.09 Å². The Kier molecular flexibility index (Phi) is 9.55. The molecule has 0 bridgehead atoms. The fourth-order valence-corrected chi connectivity index (χ4v) is 2.42. The lowest BCUT2D eigenvalue weighted by Gasteiger charge is -2.14. The van der Waals surface area contributed by atoms with Crippen molar-refractivity contribution < 1.29 is 23.4 Å². The van der Waals surface area contributed by atoms with Gasteiger partial charge in [0, 0.05) is 6.61 Å². The second-order valence-corrected chi connectivity index (χ2v) is 5.77. The van der Waals surface area contributed by atoms with Gasteiger partial charge in [0.25, 0.3) is 0 Å². The maximum Gasteiger partial charge on any atom is 0.323 e. The van der Waals surface area contributed by atoms with Crippen molar-refractivity contribution >= 4 is 14.1 Å². The van der Waals surface area contributed by atoms with Crippen LogP contribution >= 0.6 is 8.18 Å². The lowest BCUT2D eigenvalue weighted by molar-refractivity contribution is -0.146. The van der Waals surface area contributed by atoms with Crippen LogP contribution in [-0.4, -0.2) is 31.8 Å². The van der Waals surface area contributed by atoms with Crippen LogP contribution in [0.25, 0.3) is 0 Å². The van der Waals surface area contributed by atoms with Crippen LogP contribution in [-0.2, 0) is 18.8 Å². The van der Waals surface area contributed by atoms with E-state index in [4.69, 9.17) is 14.0 Å². The summed E-state index contributed by atoms with van der Waals surface area (Å²) in [4.78, 5) is 11.7. The molecule has 1 N–H and O–H groups in total. The molecule has 0 radical (unpaired) electrons. The summed E-state index contributed by atoms with van der Waals surface area (Å²) in [7, 11) is -2.56. The van der Waals surface area contributed by atoms with Crippen LogP contribution in [0.2, 0.25) is 0 Å². The number of rotatable bonds is 11. The Morgan fingerprint density at radius 1 is 1.23 bits per heavy atom. The van der Waals surface area contributed by atoms with Gasteiger partial charge >= 0.3 is 14.1 Å². The summed E-state index contributed by atoms with van der Waals surface area (Å²) in [6.45, 7) is 4.89. The predicted molar refractivity (Wildman–Crippen MR) is 85.4 cm³/mol. The molecule has 1 unspecified atom stereocenters. The van der Waals surface area contributed by atoms with Crippen LogP contribution in [0.3, 0.4) is 0 Å². The van der Waals surface area contributed by atoms with Crippen LogP contribution in [0.15, 0.2) is 30.3 Å². The van der Waals surface area contributed by atoms with Gasteiger partial charge in [-0.3, -0.25) is 9.36 Å². The van der Waals surface area contributed by atoms with Gasteiger partial charge in [0.05, 0.1) is 6.61 Å². The Hall–Kier alpha value is -1.36. The fraction of sp³-hybridized carbons (Fsp3) is 0.533. The normalized spacial score (nSPS) is 13.4. The molecule has 6 nitrogen and oxygen atoms in total. The highest BCUT2D eigenvalue weighted by atomic mass is 31.1. The standard InChI is InChI=1S/C15H24NO5P/c1-3-4-10-19-11-12-20-15(17)13(2)16-22(18)21-14-8-6-5-7-9-14/h5-9,13,22H,3-4,10-12H2,1-2H3,(H,16,18)/t13-/m0/s1. The smallest absolute Gasteiger partial charge is 0.323 e. The molecule has 0 heterocycles. The molecule has 22 heavy (non-hydrogen) atoms. The third kappa shape index (κ3) is 8.17. The highest BCUT2D eigenvalue weighted by Crippen LogP contribution is 2.23. The maximum absolute atomic E-state index is 11.8. The number of hydrogen-bond acceptors (Lipinski definition) is 5. The SMILES string of the molecule is CCCCOCCOC(=O)[C@H](C)N[PH](=O)Oc1ccccc1. The van der Waals surface area contributed by atoms with Gasteiger partial charge in [0.15, 0.2) is 0 Å². The molecule has 0 aliphatic carbocycles. The van der Waals surface area contributed by atoms with Gasteiger partial charge in [-0.1, -0.05) is 31.5 Å². The number of carbonyl (C=O) groups is 1. The van der Waals surface area contributed by atoms with Crippen molar-refractivity contribution in [2.75, 3.05) is 19.8 Å². The zero-order valence-corrected chi connectivity index (χ0v) is 14.0. The van der Waals surface area contributed by atoms with E-state index in [-0.39, 0.29) is 6.61 Å². The highest BCUT2D eigenvalue weighted by molar-refractivity contribution is 7.37. The van der Waals surface area contributed by atoms with E-state index in [2.05, 4.69) is 12.0 Å². The van der Waals surface area contributed by atoms with Crippen molar-refractivity contribution in [3.05, 3.63) is 30.3 Å². The second-order valence-electron chi connectivity index (χ2n) is 4.70. The number of nitrogens with one attached hydrogen (secondary N) is 1. The first kappa shape index (κ1) is 18.7. The highest BCUT2D eigenvalue weighted by Gasteiger charge is 2.17. The van der Waals surface area contributed by atoms with Gasteiger partial charge in [-0.2, -0.15) is 0 Å². The van der Waals surface area contributed by atoms with E-state index < -0.39 is 20.2 Å². The summed E-state index contributed by atoms with van der Waals surface area (Å²) in [5.41, 5.74) is 0. The molecular weight excluding hydrogens is 305 g/mol. The summed E-state index contributed by atoms with van der Waals surface area (Å²) in [6, 6.07) is 8.08. The van der Waals surface area contributed by atoms with Crippen molar-refractivity contribution in [2.45, 2.75) is 32.7 Å². The van der Waals surface area contributed by atoms with E-state index >= 15 is 0 Å². The van der Waals surface area contributed by atoms with Crippen molar-refractivity contribution in [1.82, 2.24) is 5.09 Å². The Bertz CT molecular complexity index is 455. The lowest BCUT2D eigenvalue weighted by atomic mass is 10.3. The van der Waals surface area contributed by atoms with E-state index in [1.807, 2.05) is 6.07 Å². The quantitative estimate of drug-likeness (QED) is 0.382.